The van der Waals surface area contributed by atoms with Crippen LogP contribution in [0.4, 0.5) is 4.79 Å². The number of benzene rings is 1. The molecule has 1 unspecified atom stereocenters. The van der Waals surface area contributed by atoms with Gasteiger partial charge in [0.15, 0.2) is 0 Å². The summed E-state index contributed by atoms with van der Waals surface area (Å²) < 4.78 is 5.28. The maximum Gasteiger partial charge on any atom is 0.407 e. The molecule has 1 aromatic rings. The van der Waals surface area contributed by atoms with Crippen molar-refractivity contribution in [3.8, 4) is 0 Å². The fraction of sp³-hybridized carbons (Fsp3) is 0.467. The monoisotopic (exact) mass is 309 g/mol. The smallest absolute Gasteiger partial charge is 0.407 e. The van der Waals surface area contributed by atoms with Crippen LogP contribution in [-0.2, 0) is 16.0 Å². The van der Waals surface area contributed by atoms with E-state index in [1.807, 2.05) is 37.3 Å². The Morgan fingerprint density at radius 1 is 1.24 bits per heavy atom. The summed E-state index contributed by atoms with van der Waals surface area (Å²) in [5, 5.41) is 11.6. The van der Waals surface area contributed by atoms with Crippen molar-refractivity contribution in [3.05, 3.63) is 35.9 Å². The first-order chi connectivity index (χ1) is 9.70. The number of hydrogen-bond acceptors (Lipinski definition) is 3. The van der Waals surface area contributed by atoms with Gasteiger partial charge in [0.2, 0.25) is 0 Å². The van der Waals surface area contributed by atoms with E-state index in [1.54, 1.807) is 0 Å². The number of carbonyl (C=O) groups is 2. The van der Waals surface area contributed by atoms with E-state index < -0.39 is 26.2 Å². The van der Waals surface area contributed by atoms with Gasteiger partial charge in [0, 0.05) is 6.42 Å². The van der Waals surface area contributed by atoms with Crippen LogP contribution in [0.1, 0.15) is 12.5 Å². The molecule has 0 saturated heterocycles. The minimum Gasteiger partial charge on any atom is -0.480 e. The van der Waals surface area contributed by atoms with Crippen LogP contribution in [0.2, 0.25) is 19.6 Å². The Morgan fingerprint density at radius 3 is 2.29 bits per heavy atom. The molecule has 0 spiro atoms. The zero-order chi connectivity index (χ0) is 16.0. The molecule has 1 amide bonds. The zero-order valence-electron chi connectivity index (χ0n) is 12.9. The van der Waals surface area contributed by atoms with E-state index in [1.165, 1.54) is 0 Å². The van der Waals surface area contributed by atoms with Gasteiger partial charge in [-0.25, -0.2) is 9.59 Å². The summed E-state index contributed by atoms with van der Waals surface area (Å²) in [4.78, 5) is 23.1. The molecule has 6 heteroatoms. The second-order valence-electron chi connectivity index (χ2n) is 6.14. The second kappa shape index (κ2) is 7.26. The Balaban J connectivity index is 2.63. The Kier molecular flexibility index (Phi) is 5.96. The van der Waals surface area contributed by atoms with E-state index in [0.29, 0.717) is 0 Å². The molecule has 1 rings (SSSR count). The molecule has 0 bridgehead atoms. The van der Waals surface area contributed by atoms with Crippen LogP contribution in [-0.4, -0.2) is 37.0 Å². The molecule has 0 aromatic heterocycles. The number of carboxylic acids is 1. The highest BCUT2D eigenvalue weighted by Gasteiger charge is 2.28. The lowest BCUT2D eigenvalue weighted by Gasteiger charge is -2.25. The van der Waals surface area contributed by atoms with Gasteiger partial charge in [-0.2, -0.15) is 0 Å². The van der Waals surface area contributed by atoms with Crippen LogP contribution in [0, 0.1) is 0 Å². The number of ether oxygens (including phenoxy) is 1. The minimum absolute atomic E-state index is 0.177. The van der Waals surface area contributed by atoms with Crippen LogP contribution in [0.15, 0.2) is 30.3 Å². The van der Waals surface area contributed by atoms with Crippen molar-refractivity contribution >= 4 is 20.1 Å². The molecule has 2 N–H and O–H groups in total. The first kappa shape index (κ1) is 17.2. The van der Waals surface area contributed by atoms with Crippen LogP contribution >= 0.6 is 0 Å². The molecule has 21 heavy (non-hydrogen) atoms. The van der Waals surface area contributed by atoms with Crippen molar-refractivity contribution in [2.45, 2.75) is 44.8 Å². The Hall–Kier alpha value is -1.82. The largest absolute Gasteiger partial charge is 0.480 e. The summed E-state index contributed by atoms with van der Waals surface area (Å²) in [7, 11) is -1.61. The first-order valence-corrected chi connectivity index (χ1v) is 10.5. The van der Waals surface area contributed by atoms with E-state index >= 15 is 0 Å². The van der Waals surface area contributed by atoms with Gasteiger partial charge in [-0.15, -0.1) is 0 Å². The Bertz CT molecular complexity index is 484. The van der Waals surface area contributed by atoms with Crippen LogP contribution < -0.4 is 5.32 Å². The van der Waals surface area contributed by atoms with Gasteiger partial charge in [0.25, 0.3) is 0 Å². The van der Waals surface area contributed by atoms with Crippen molar-refractivity contribution in [2.24, 2.45) is 0 Å². The van der Waals surface area contributed by atoms with E-state index in [0.717, 1.165) is 5.56 Å². The highest BCUT2D eigenvalue weighted by atomic mass is 28.3. The highest BCUT2D eigenvalue weighted by molar-refractivity contribution is 6.77. The van der Waals surface area contributed by atoms with Crippen molar-refractivity contribution in [1.82, 2.24) is 5.32 Å². The summed E-state index contributed by atoms with van der Waals surface area (Å²) in [6.07, 6.45) is -0.444. The maximum absolute atomic E-state index is 11.8. The third-order valence-corrected chi connectivity index (χ3v) is 5.93. The summed E-state index contributed by atoms with van der Waals surface area (Å²) in [5.74, 6) is -1.07. The Labute approximate surface area is 126 Å². The standard InChI is InChI=1S/C15H23NO4Si/c1-11(21(2,3)4)20-15(19)16-13(14(17)18)10-12-8-6-5-7-9-12/h5-9,11,13H,10H2,1-4H3,(H,16,19)(H,17,18)/t11?,13-/m0/s1. The van der Waals surface area contributed by atoms with E-state index in [4.69, 9.17) is 4.74 Å². The lowest BCUT2D eigenvalue weighted by Crippen LogP contribution is -2.47. The highest BCUT2D eigenvalue weighted by Crippen LogP contribution is 2.11. The number of alkyl carbamates (subject to hydrolysis) is 1. The molecule has 0 aliphatic heterocycles. The van der Waals surface area contributed by atoms with Crippen molar-refractivity contribution < 1.29 is 19.4 Å². The summed E-state index contributed by atoms with van der Waals surface area (Å²) in [6.45, 7) is 8.11. The number of rotatable bonds is 6. The number of carbonyl (C=O) groups excluding carboxylic acids is 1. The summed E-state index contributed by atoms with van der Waals surface area (Å²) in [6, 6.07) is 8.19. The molecule has 0 radical (unpaired) electrons. The predicted molar refractivity (Wildman–Crippen MR) is 84.0 cm³/mol. The van der Waals surface area contributed by atoms with Gasteiger partial charge in [0.1, 0.15) is 6.04 Å². The topological polar surface area (TPSA) is 75.6 Å². The number of amides is 1. The van der Waals surface area contributed by atoms with Crippen LogP contribution in [0.3, 0.4) is 0 Å². The first-order valence-electron chi connectivity index (χ1n) is 6.94. The number of carboxylic acid groups (broad SMARTS) is 1. The van der Waals surface area contributed by atoms with E-state index in [2.05, 4.69) is 25.0 Å². The molecule has 1 aromatic carbocycles. The molecular weight excluding hydrogens is 286 g/mol. The van der Waals surface area contributed by atoms with Crippen molar-refractivity contribution in [3.63, 3.8) is 0 Å². The van der Waals surface area contributed by atoms with Gasteiger partial charge in [-0.1, -0.05) is 50.0 Å². The van der Waals surface area contributed by atoms with Gasteiger partial charge < -0.3 is 15.2 Å². The van der Waals surface area contributed by atoms with E-state index in [-0.39, 0.29) is 12.1 Å². The molecular formula is C15H23NO4Si. The fourth-order valence-electron chi connectivity index (χ4n) is 1.56. The van der Waals surface area contributed by atoms with E-state index in [9.17, 15) is 14.7 Å². The third-order valence-electron chi connectivity index (χ3n) is 3.38. The van der Waals surface area contributed by atoms with Crippen molar-refractivity contribution in [2.75, 3.05) is 0 Å². The number of nitrogens with one attached hydrogen (secondary N) is 1. The van der Waals surface area contributed by atoms with Gasteiger partial charge in [-0.3, -0.25) is 0 Å². The molecule has 0 aliphatic carbocycles. The Morgan fingerprint density at radius 2 is 1.81 bits per heavy atom. The summed E-state index contributed by atoms with van der Waals surface area (Å²) >= 11 is 0. The maximum atomic E-state index is 11.8. The van der Waals surface area contributed by atoms with Crippen molar-refractivity contribution in [1.29, 1.82) is 0 Å². The summed E-state index contributed by atoms with van der Waals surface area (Å²) in [5.41, 5.74) is 0.673. The van der Waals surface area contributed by atoms with Crippen LogP contribution in [0.5, 0.6) is 0 Å². The third kappa shape index (κ3) is 5.99. The molecule has 0 aliphatic rings. The van der Waals surface area contributed by atoms with Crippen LogP contribution in [0.25, 0.3) is 0 Å². The molecule has 0 heterocycles. The lowest BCUT2D eigenvalue weighted by molar-refractivity contribution is -0.139. The minimum atomic E-state index is -1.61. The SMILES string of the molecule is CC(OC(=O)N[C@@H](Cc1ccccc1)C(=O)O)[Si](C)(C)C. The predicted octanol–water partition coefficient (Wildman–Crippen LogP) is 2.67. The molecule has 2 atom stereocenters. The normalized spacial score (nSPS) is 14.1. The van der Waals surface area contributed by atoms with Gasteiger partial charge >= 0.3 is 12.1 Å². The molecule has 0 saturated carbocycles. The molecule has 116 valence electrons. The van der Waals surface area contributed by atoms with Gasteiger partial charge in [-0.05, 0) is 12.5 Å². The van der Waals surface area contributed by atoms with Gasteiger partial charge in [0.05, 0.1) is 13.8 Å². The molecule has 0 fully saturated rings. The average molecular weight is 309 g/mol. The average Bonchev–Trinajstić information content (AvgIpc) is 2.37. The second-order valence-corrected chi connectivity index (χ2v) is 11.7. The number of aliphatic carboxylic acids is 1. The zero-order valence-corrected chi connectivity index (χ0v) is 13.9. The molecule has 5 nitrogen and oxygen atoms in total. The lowest BCUT2D eigenvalue weighted by atomic mass is 10.1. The number of hydrogen-bond donors (Lipinski definition) is 2. The fourth-order valence-corrected chi connectivity index (χ4v) is 2.02. The quantitative estimate of drug-likeness (QED) is 0.792.